The van der Waals surface area contributed by atoms with E-state index in [1.807, 2.05) is 34.6 Å². The molecule has 70 heavy (non-hydrogen) atoms. The lowest BCUT2D eigenvalue weighted by Crippen LogP contribution is -2.83. The highest BCUT2D eigenvalue weighted by atomic mass is 28.4. The maximum Gasteiger partial charge on any atom is 0.407 e. The summed E-state index contributed by atoms with van der Waals surface area (Å²) in [5.41, 5.74) is -7.99. The molecule has 0 radical (unpaired) electrons. The van der Waals surface area contributed by atoms with Gasteiger partial charge in [0.15, 0.2) is 28.3 Å². The Kier molecular flexibility index (Phi) is 17.7. The second-order valence-corrected chi connectivity index (χ2v) is 32.4. The van der Waals surface area contributed by atoms with E-state index >= 15 is 14.4 Å². The molecule has 1 amide bonds. The number of Topliss-reactive ketones (excluding diaryl/α,β-unsaturated/α-hetero) is 2. The van der Waals surface area contributed by atoms with Crippen LogP contribution < -0.4 is 5.32 Å². The first-order chi connectivity index (χ1) is 32.5. The lowest BCUT2D eigenvalue weighted by Gasteiger charge is -2.68. The molecule has 5 rings (SSSR count). The average Bonchev–Trinajstić information content (AvgIpc) is 3.28. The van der Waals surface area contributed by atoms with Crippen molar-refractivity contribution in [1.82, 2.24) is 5.32 Å². The second kappa shape index (κ2) is 21.5. The topological polar surface area (TPSA) is 199 Å². The number of hydrogen-bond donors (Lipinski definition) is 2. The van der Waals surface area contributed by atoms with Crippen molar-refractivity contribution in [1.29, 1.82) is 0 Å². The first kappa shape index (κ1) is 57.4. The first-order valence-corrected chi connectivity index (χ1v) is 31.0. The number of fused-ring (bicyclic) bond motifs is 5. The molecule has 12 atom stereocenters. The molecule has 4 fully saturated rings. The van der Waals surface area contributed by atoms with E-state index < -0.39 is 134 Å². The zero-order valence-electron chi connectivity index (χ0n) is 45.0. The van der Waals surface area contributed by atoms with Crippen LogP contribution in [0.25, 0.3) is 0 Å². The lowest BCUT2D eigenvalue weighted by molar-refractivity contribution is -0.348. The van der Waals surface area contributed by atoms with Crippen molar-refractivity contribution in [3.8, 4) is 0 Å². The lowest BCUT2D eigenvalue weighted by atomic mass is 9.42. The van der Waals surface area contributed by atoms with E-state index in [2.05, 4.69) is 26.1 Å². The van der Waals surface area contributed by atoms with Gasteiger partial charge in [0.25, 0.3) is 0 Å². The molecule has 15 nitrogen and oxygen atoms in total. The molecule has 394 valence electrons. The molecule has 17 heteroatoms. The Morgan fingerprint density at radius 1 is 0.886 bits per heavy atom. The van der Waals surface area contributed by atoms with Gasteiger partial charge in [-0.15, -0.1) is 0 Å². The third-order valence-electron chi connectivity index (χ3n) is 17.1. The number of alkyl carbamates (subject to hydrolysis) is 1. The van der Waals surface area contributed by atoms with Crippen LogP contribution in [0.1, 0.15) is 140 Å². The average molecular weight is 1020 g/mol. The summed E-state index contributed by atoms with van der Waals surface area (Å²) in [6.07, 6.45) is -6.78. The van der Waals surface area contributed by atoms with Crippen molar-refractivity contribution >= 4 is 52.2 Å². The number of esters is 3. The molecular formula is C53H85NO14Si2. The van der Waals surface area contributed by atoms with Gasteiger partial charge in [0.1, 0.15) is 29.5 Å². The van der Waals surface area contributed by atoms with Crippen LogP contribution in [0.15, 0.2) is 30.3 Å². The molecule has 1 aromatic carbocycles. The summed E-state index contributed by atoms with van der Waals surface area (Å²) >= 11 is 0. The minimum absolute atomic E-state index is 0.0218. The van der Waals surface area contributed by atoms with Gasteiger partial charge < -0.3 is 43.0 Å². The number of aliphatic hydroxyl groups is 1. The number of hydrogen-bond acceptors (Lipinski definition) is 14. The van der Waals surface area contributed by atoms with E-state index in [1.165, 1.54) is 6.92 Å². The van der Waals surface area contributed by atoms with E-state index in [0.717, 1.165) is 0 Å². The molecular weight excluding hydrogens is 931 g/mol. The van der Waals surface area contributed by atoms with Crippen LogP contribution >= 0.6 is 0 Å². The van der Waals surface area contributed by atoms with Crippen molar-refractivity contribution in [2.75, 3.05) is 6.61 Å². The third-order valence-corrected chi connectivity index (χ3v) is 26.4. The summed E-state index contributed by atoms with van der Waals surface area (Å²) in [6.45, 7) is 29.2. The number of ketones is 2. The smallest absolute Gasteiger partial charge is 0.407 e. The molecule has 1 aromatic rings. The second-order valence-electron chi connectivity index (χ2n) is 22.9. The molecule has 4 aliphatic rings. The Labute approximate surface area is 419 Å². The van der Waals surface area contributed by atoms with Crippen molar-refractivity contribution < 1.29 is 66.4 Å². The van der Waals surface area contributed by atoms with Gasteiger partial charge in [-0.25, -0.2) is 14.4 Å². The van der Waals surface area contributed by atoms with E-state index in [1.54, 1.807) is 78.8 Å². The van der Waals surface area contributed by atoms with Crippen molar-refractivity contribution in [2.24, 2.45) is 34.5 Å². The summed E-state index contributed by atoms with van der Waals surface area (Å²) in [7, 11) is -5.24. The van der Waals surface area contributed by atoms with Crippen LogP contribution in [-0.4, -0.2) is 117 Å². The first-order valence-electron chi connectivity index (χ1n) is 26.0. The molecule has 3 saturated carbocycles. The summed E-state index contributed by atoms with van der Waals surface area (Å²) in [4.78, 5) is 88.6. The van der Waals surface area contributed by atoms with Crippen molar-refractivity contribution in [3.05, 3.63) is 35.9 Å². The number of nitrogens with one attached hydrogen (secondary N) is 1. The van der Waals surface area contributed by atoms with Gasteiger partial charge in [-0.05, 0) is 88.4 Å². The van der Waals surface area contributed by atoms with Crippen molar-refractivity contribution in [3.63, 3.8) is 0 Å². The Balaban J connectivity index is 1.77. The van der Waals surface area contributed by atoms with E-state index in [-0.39, 0.29) is 30.9 Å². The largest absolute Gasteiger partial charge is 0.460 e. The quantitative estimate of drug-likeness (QED) is 0.0575. The number of ether oxygens (including phenoxy) is 5. The molecule has 3 aliphatic carbocycles. The fraction of sp³-hybridized carbons (Fsp3) is 0.774. The Morgan fingerprint density at radius 3 is 1.94 bits per heavy atom. The number of carbonyl (C=O) groups excluding carboxylic acids is 6. The van der Waals surface area contributed by atoms with Gasteiger partial charge in [-0.3, -0.25) is 14.4 Å². The predicted octanol–water partition coefficient (Wildman–Crippen LogP) is 9.14. The molecule has 1 aliphatic heterocycles. The zero-order chi connectivity index (χ0) is 52.6. The molecule has 2 N–H and O–H groups in total. The minimum atomic E-state index is -2.65. The highest BCUT2D eigenvalue weighted by molar-refractivity contribution is 6.74. The van der Waals surface area contributed by atoms with Crippen LogP contribution in [-0.2, 0) is 51.7 Å². The summed E-state index contributed by atoms with van der Waals surface area (Å²) in [5, 5.41) is 17.1. The molecule has 0 aromatic heterocycles. The Bertz CT molecular complexity index is 2050. The fourth-order valence-electron chi connectivity index (χ4n) is 12.5. The van der Waals surface area contributed by atoms with Gasteiger partial charge in [0.2, 0.25) is 11.6 Å². The Morgan fingerprint density at radius 2 is 1.46 bits per heavy atom. The predicted molar refractivity (Wildman–Crippen MR) is 269 cm³/mol. The monoisotopic (exact) mass is 1020 g/mol. The van der Waals surface area contributed by atoms with Gasteiger partial charge in [0, 0.05) is 37.0 Å². The van der Waals surface area contributed by atoms with Gasteiger partial charge in [0.05, 0.1) is 35.6 Å². The van der Waals surface area contributed by atoms with Crippen LogP contribution in [0.4, 0.5) is 4.79 Å². The minimum Gasteiger partial charge on any atom is -0.460 e. The summed E-state index contributed by atoms with van der Waals surface area (Å²) in [5.74, 6) is -7.53. The Hall–Kier alpha value is -3.49. The fourth-order valence-corrected chi connectivity index (χ4v) is 18.3. The number of rotatable bonds is 19. The highest BCUT2D eigenvalue weighted by Gasteiger charge is 2.79. The maximum absolute atomic E-state index is 16.0. The van der Waals surface area contributed by atoms with Crippen LogP contribution in [0.5, 0.6) is 0 Å². The van der Waals surface area contributed by atoms with Crippen LogP contribution in [0, 0.1) is 34.5 Å². The number of carbonyl (C=O) groups is 6. The number of amides is 1. The maximum atomic E-state index is 16.0. The zero-order valence-corrected chi connectivity index (χ0v) is 47.0. The number of benzene rings is 1. The molecule has 0 spiro atoms. The summed E-state index contributed by atoms with van der Waals surface area (Å²) in [6, 6.07) is 11.5. The summed E-state index contributed by atoms with van der Waals surface area (Å²) < 4.78 is 45.9. The third kappa shape index (κ3) is 10.6. The van der Waals surface area contributed by atoms with Crippen LogP contribution in [0.3, 0.4) is 0 Å². The highest BCUT2D eigenvalue weighted by Crippen LogP contribution is 2.65. The molecule has 2 bridgehead atoms. The standard InChI is InChI=1S/C53H85NO14Si2/c1-17-69(18-2,19-3)67-38-29-39-52(31-62-39,65-34(10)55)43-45(64-46(58)35-26-24-23-25-27-35)53(61)30-37(33(9)40(50(53,14)15)41(56)44(57)51(38,43)16)63-47(59)42(68-70(20-4,21-5)22-6)36(28-32(7)8)54-48(60)66-49(11,12)13/h23-27,32-33,36-40,42-43,45,61H,17-22,28-31H2,1-16H3,(H,54,60)/t33?,36-,37-,38-,39+,40?,42?,43-,45-,51+,52-,53+/m0/s1. The molecule has 3 unspecified atom stereocenters. The van der Waals surface area contributed by atoms with E-state index in [0.29, 0.717) is 42.7 Å². The molecule has 1 heterocycles. The van der Waals surface area contributed by atoms with Gasteiger partial charge in [-0.1, -0.05) is 94.4 Å². The van der Waals surface area contributed by atoms with E-state index in [4.69, 9.17) is 32.5 Å². The van der Waals surface area contributed by atoms with Gasteiger partial charge in [-0.2, -0.15) is 0 Å². The molecule has 1 saturated heterocycles. The van der Waals surface area contributed by atoms with Crippen molar-refractivity contribution in [2.45, 2.75) is 220 Å². The van der Waals surface area contributed by atoms with Crippen LogP contribution in [0.2, 0.25) is 36.3 Å². The van der Waals surface area contributed by atoms with Gasteiger partial charge >= 0.3 is 24.0 Å². The SMILES string of the molecule is CC[Si](CC)(CC)OC(C(=O)O[C@H]1C[C@@]2(O)[C@@H](OC(=O)c3ccccc3)[C@@H]3[C@]4(OC(C)=O)CO[C@@H]4C[C@H](O[Si](CC)(CC)CC)[C@@]3(C)C(=O)C(=O)C(C1C)C2(C)C)[C@H](CC(C)C)NC(=O)OC(C)(C)C. The van der Waals surface area contributed by atoms with E-state index in [9.17, 15) is 19.5 Å². The normalized spacial score (nSPS) is 31.7.